The molecule has 3 heteroatoms. The van der Waals surface area contributed by atoms with Crippen LogP contribution in [0.3, 0.4) is 0 Å². The van der Waals surface area contributed by atoms with Gasteiger partial charge in [0.25, 0.3) is 0 Å². The molecular weight excluding hydrogens is 239 g/mol. The van der Waals surface area contributed by atoms with E-state index in [2.05, 4.69) is 36.1 Å². The third-order valence-corrected chi connectivity index (χ3v) is 3.24. The molecule has 2 N–H and O–H groups in total. The van der Waals surface area contributed by atoms with Gasteiger partial charge < -0.3 is 10.6 Å². The quantitative estimate of drug-likeness (QED) is 0.910. The van der Waals surface area contributed by atoms with Gasteiger partial charge in [0, 0.05) is 18.4 Å². The predicted molar refractivity (Wildman–Crippen MR) is 78.4 cm³/mol. The first-order valence-electron chi connectivity index (χ1n) is 6.40. The molecular formula is C16H19FN2. The number of nitrogens with two attached hydrogens (primary N) is 1. The standard InChI is InChI=1S/C16H19FN2/c1-12-3-6-15(7-4-12)19(2)16-8-5-14(17)11-13(16)9-10-18/h3-8,11H,9-10,18H2,1-2H3. The van der Waals surface area contributed by atoms with Gasteiger partial charge in [0.2, 0.25) is 0 Å². The van der Waals surface area contributed by atoms with Crippen molar-refractivity contribution in [3.8, 4) is 0 Å². The fourth-order valence-corrected chi connectivity index (χ4v) is 2.14. The first-order chi connectivity index (χ1) is 9.11. The molecule has 2 nitrogen and oxygen atoms in total. The summed E-state index contributed by atoms with van der Waals surface area (Å²) in [6.07, 6.45) is 0.670. The van der Waals surface area contributed by atoms with Crippen LogP contribution >= 0.6 is 0 Å². The third-order valence-electron chi connectivity index (χ3n) is 3.24. The Bertz CT molecular complexity index is 549. The molecule has 0 bridgehead atoms. The van der Waals surface area contributed by atoms with Crippen LogP contribution in [0.15, 0.2) is 42.5 Å². The van der Waals surface area contributed by atoms with E-state index in [1.54, 1.807) is 12.1 Å². The lowest BCUT2D eigenvalue weighted by atomic mass is 10.1. The van der Waals surface area contributed by atoms with Crippen molar-refractivity contribution in [2.75, 3.05) is 18.5 Å². The summed E-state index contributed by atoms with van der Waals surface area (Å²) in [5, 5.41) is 0. The minimum absolute atomic E-state index is 0.218. The van der Waals surface area contributed by atoms with E-state index in [1.165, 1.54) is 11.6 Å². The molecule has 0 spiro atoms. The fourth-order valence-electron chi connectivity index (χ4n) is 2.14. The Labute approximate surface area is 113 Å². The van der Waals surface area contributed by atoms with E-state index in [0.29, 0.717) is 13.0 Å². The first-order valence-corrected chi connectivity index (χ1v) is 6.40. The summed E-state index contributed by atoms with van der Waals surface area (Å²) in [5.41, 5.74) is 9.83. The minimum atomic E-state index is -0.218. The Kier molecular flexibility index (Phi) is 4.17. The molecule has 0 atom stereocenters. The average Bonchev–Trinajstić information content (AvgIpc) is 2.39. The molecule has 0 aliphatic carbocycles. The number of hydrogen-bond acceptors (Lipinski definition) is 2. The molecule has 19 heavy (non-hydrogen) atoms. The maximum absolute atomic E-state index is 13.3. The van der Waals surface area contributed by atoms with E-state index in [4.69, 9.17) is 5.73 Å². The molecule has 0 unspecified atom stereocenters. The van der Waals surface area contributed by atoms with Crippen molar-refractivity contribution in [3.63, 3.8) is 0 Å². The number of benzene rings is 2. The van der Waals surface area contributed by atoms with Crippen molar-refractivity contribution in [2.24, 2.45) is 5.73 Å². The molecule has 0 heterocycles. The van der Waals surface area contributed by atoms with Gasteiger partial charge in [-0.3, -0.25) is 0 Å². The fraction of sp³-hybridized carbons (Fsp3) is 0.250. The van der Waals surface area contributed by atoms with Crippen LogP contribution in [0.2, 0.25) is 0 Å². The van der Waals surface area contributed by atoms with Crippen molar-refractivity contribution in [1.82, 2.24) is 0 Å². The summed E-state index contributed by atoms with van der Waals surface area (Å²) < 4.78 is 13.3. The van der Waals surface area contributed by atoms with E-state index in [0.717, 1.165) is 16.9 Å². The summed E-state index contributed by atoms with van der Waals surface area (Å²) in [6, 6.07) is 13.1. The van der Waals surface area contributed by atoms with E-state index >= 15 is 0 Å². The number of anilines is 2. The molecule has 0 saturated carbocycles. The van der Waals surface area contributed by atoms with Crippen molar-refractivity contribution in [1.29, 1.82) is 0 Å². The van der Waals surface area contributed by atoms with Gasteiger partial charge in [-0.2, -0.15) is 0 Å². The number of nitrogens with zero attached hydrogens (tertiary/aromatic N) is 1. The molecule has 0 saturated heterocycles. The maximum Gasteiger partial charge on any atom is 0.123 e. The number of hydrogen-bond donors (Lipinski definition) is 1. The molecule has 2 aromatic rings. The highest BCUT2D eigenvalue weighted by Gasteiger charge is 2.10. The molecule has 0 aliphatic heterocycles. The van der Waals surface area contributed by atoms with Gasteiger partial charge in [0.1, 0.15) is 5.82 Å². The van der Waals surface area contributed by atoms with E-state index < -0.39 is 0 Å². The summed E-state index contributed by atoms with van der Waals surface area (Å²) in [6.45, 7) is 2.57. The molecule has 0 amide bonds. The van der Waals surface area contributed by atoms with Gasteiger partial charge in [-0.15, -0.1) is 0 Å². The zero-order chi connectivity index (χ0) is 13.8. The highest BCUT2D eigenvalue weighted by Crippen LogP contribution is 2.28. The predicted octanol–water partition coefficient (Wildman–Crippen LogP) is 3.40. The normalized spacial score (nSPS) is 10.5. The highest BCUT2D eigenvalue weighted by atomic mass is 19.1. The van der Waals surface area contributed by atoms with Gasteiger partial charge in [-0.25, -0.2) is 4.39 Å². The third kappa shape index (κ3) is 3.12. The van der Waals surface area contributed by atoms with E-state index in [9.17, 15) is 4.39 Å². The molecule has 100 valence electrons. The molecule has 0 aliphatic rings. The van der Waals surface area contributed by atoms with Gasteiger partial charge in [0.05, 0.1) is 0 Å². The maximum atomic E-state index is 13.3. The second-order valence-corrected chi connectivity index (χ2v) is 4.71. The first kappa shape index (κ1) is 13.6. The van der Waals surface area contributed by atoms with Crippen LogP contribution in [0.25, 0.3) is 0 Å². The smallest absolute Gasteiger partial charge is 0.123 e. The van der Waals surface area contributed by atoms with Gasteiger partial charge in [-0.1, -0.05) is 17.7 Å². The Morgan fingerprint density at radius 3 is 2.42 bits per heavy atom. The van der Waals surface area contributed by atoms with Crippen LogP contribution in [-0.2, 0) is 6.42 Å². The Morgan fingerprint density at radius 1 is 1.11 bits per heavy atom. The summed E-state index contributed by atoms with van der Waals surface area (Å²) in [4.78, 5) is 2.06. The molecule has 2 aromatic carbocycles. The van der Waals surface area contributed by atoms with E-state index in [-0.39, 0.29) is 5.82 Å². The number of rotatable bonds is 4. The minimum Gasteiger partial charge on any atom is -0.344 e. The Morgan fingerprint density at radius 2 is 1.79 bits per heavy atom. The highest BCUT2D eigenvalue weighted by molar-refractivity contribution is 5.66. The second kappa shape index (κ2) is 5.85. The van der Waals surface area contributed by atoms with E-state index in [1.807, 2.05) is 7.05 Å². The van der Waals surface area contributed by atoms with Crippen LogP contribution in [0.4, 0.5) is 15.8 Å². The van der Waals surface area contributed by atoms with Crippen molar-refractivity contribution < 1.29 is 4.39 Å². The van der Waals surface area contributed by atoms with Gasteiger partial charge in [0.15, 0.2) is 0 Å². The lowest BCUT2D eigenvalue weighted by Crippen LogP contribution is -2.14. The van der Waals surface area contributed by atoms with Crippen LogP contribution < -0.4 is 10.6 Å². The van der Waals surface area contributed by atoms with Crippen molar-refractivity contribution >= 4 is 11.4 Å². The van der Waals surface area contributed by atoms with Crippen LogP contribution in [0, 0.1) is 12.7 Å². The summed E-state index contributed by atoms with van der Waals surface area (Å²) in [7, 11) is 1.98. The van der Waals surface area contributed by atoms with Crippen molar-refractivity contribution in [2.45, 2.75) is 13.3 Å². The molecule has 2 rings (SSSR count). The Hall–Kier alpha value is -1.87. The lowest BCUT2D eigenvalue weighted by Gasteiger charge is -2.23. The second-order valence-electron chi connectivity index (χ2n) is 4.71. The number of halogens is 1. The monoisotopic (exact) mass is 258 g/mol. The SMILES string of the molecule is Cc1ccc(N(C)c2ccc(F)cc2CCN)cc1. The van der Waals surface area contributed by atoms with Crippen LogP contribution in [0.5, 0.6) is 0 Å². The number of aryl methyl sites for hydroxylation is 1. The molecule has 0 fully saturated rings. The average molecular weight is 258 g/mol. The van der Waals surface area contributed by atoms with Crippen molar-refractivity contribution in [3.05, 3.63) is 59.4 Å². The van der Waals surface area contributed by atoms with Crippen LogP contribution in [0.1, 0.15) is 11.1 Å². The van der Waals surface area contributed by atoms with Gasteiger partial charge >= 0.3 is 0 Å². The van der Waals surface area contributed by atoms with Gasteiger partial charge in [-0.05, 0) is 55.8 Å². The summed E-state index contributed by atoms with van der Waals surface area (Å²) >= 11 is 0. The Balaban J connectivity index is 2.37. The summed E-state index contributed by atoms with van der Waals surface area (Å²) in [5.74, 6) is -0.218. The molecule has 0 aromatic heterocycles. The largest absolute Gasteiger partial charge is 0.344 e. The molecule has 0 radical (unpaired) electrons. The lowest BCUT2D eigenvalue weighted by molar-refractivity contribution is 0.625. The zero-order valence-corrected chi connectivity index (χ0v) is 11.4. The topological polar surface area (TPSA) is 29.3 Å². The zero-order valence-electron chi connectivity index (χ0n) is 11.4. The van der Waals surface area contributed by atoms with Crippen LogP contribution in [-0.4, -0.2) is 13.6 Å².